The van der Waals surface area contributed by atoms with Gasteiger partial charge in [0.15, 0.2) is 17.8 Å². The van der Waals surface area contributed by atoms with Gasteiger partial charge in [-0.05, 0) is 44.5 Å². The summed E-state index contributed by atoms with van der Waals surface area (Å²) in [5, 5.41) is 10.3. The van der Waals surface area contributed by atoms with Crippen LogP contribution < -0.4 is 10.1 Å². The molecule has 2 N–H and O–H groups in total. The average molecular weight is 436 g/mol. The fourth-order valence-corrected chi connectivity index (χ4v) is 4.03. The van der Waals surface area contributed by atoms with Crippen molar-refractivity contribution in [2.45, 2.75) is 38.4 Å². The summed E-state index contributed by atoms with van der Waals surface area (Å²) in [5.41, 5.74) is 2.55. The zero-order valence-electron chi connectivity index (χ0n) is 18.3. The molecule has 0 amide bonds. The van der Waals surface area contributed by atoms with Gasteiger partial charge in [-0.2, -0.15) is 5.10 Å². The third-order valence-corrected chi connectivity index (χ3v) is 5.83. The molecule has 0 radical (unpaired) electrons. The minimum Gasteiger partial charge on any atom is -0.496 e. The predicted octanol–water partition coefficient (Wildman–Crippen LogP) is 4.71. The first-order valence-corrected chi connectivity index (χ1v) is 10.6. The van der Waals surface area contributed by atoms with Crippen molar-refractivity contribution in [3.63, 3.8) is 0 Å². The van der Waals surface area contributed by atoms with Crippen molar-refractivity contribution in [2.75, 3.05) is 25.5 Å². The number of methoxy groups -OCH3 is 1. The predicted molar refractivity (Wildman–Crippen MR) is 121 cm³/mol. The molecule has 1 fully saturated rings. The highest BCUT2D eigenvalue weighted by molar-refractivity contribution is 5.71. The van der Waals surface area contributed by atoms with E-state index in [1.54, 1.807) is 7.11 Å². The molecular weight excluding hydrogens is 409 g/mol. The molecule has 9 heteroatoms. The Hall–Kier alpha value is -3.51. The molecule has 32 heavy (non-hydrogen) atoms. The number of halogens is 1. The fourth-order valence-electron chi connectivity index (χ4n) is 4.03. The van der Waals surface area contributed by atoms with Crippen molar-refractivity contribution in [1.82, 2.24) is 25.1 Å². The first-order valence-electron chi connectivity index (χ1n) is 10.6. The van der Waals surface area contributed by atoms with Gasteiger partial charge in [-0.25, -0.2) is 9.37 Å². The van der Waals surface area contributed by atoms with E-state index in [1.807, 2.05) is 24.3 Å². The highest BCUT2D eigenvalue weighted by atomic mass is 19.1. The van der Waals surface area contributed by atoms with Crippen LogP contribution in [0.5, 0.6) is 5.75 Å². The molecule has 0 bridgehead atoms. The molecule has 0 saturated carbocycles. The summed E-state index contributed by atoms with van der Waals surface area (Å²) in [7, 11) is 1.61. The number of anilines is 2. The van der Waals surface area contributed by atoms with Crippen molar-refractivity contribution in [1.29, 1.82) is 0 Å². The third-order valence-electron chi connectivity index (χ3n) is 5.83. The van der Waals surface area contributed by atoms with Crippen LogP contribution in [0.2, 0.25) is 0 Å². The van der Waals surface area contributed by atoms with E-state index < -0.39 is 6.17 Å². The number of benzene rings is 1. The van der Waals surface area contributed by atoms with Gasteiger partial charge in [0.25, 0.3) is 5.82 Å². The van der Waals surface area contributed by atoms with Crippen LogP contribution in [0.25, 0.3) is 16.1 Å². The second-order valence-corrected chi connectivity index (χ2v) is 8.12. The molecule has 1 aromatic carbocycles. The Kier molecular flexibility index (Phi) is 6.32. The average Bonchev–Trinajstić information content (AvgIpc) is 3.27. The van der Waals surface area contributed by atoms with Gasteiger partial charge in [0.2, 0.25) is 0 Å². The van der Waals surface area contributed by atoms with Gasteiger partial charge in [0.05, 0.1) is 19.0 Å². The van der Waals surface area contributed by atoms with Crippen molar-refractivity contribution >= 4 is 17.5 Å². The number of hydrogen-bond donors (Lipinski definition) is 2. The highest BCUT2D eigenvalue weighted by Gasteiger charge is 2.31. The van der Waals surface area contributed by atoms with E-state index in [1.165, 1.54) is 12.4 Å². The first-order chi connectivity index (χ1) is 15.5. The number of nitrogens with zero attached hydrogens (tertiary/aromatic N) is 5. The van der Waals surface area contributed by atoms with Gasteiger partial charge >= 0.3 is 0 Å². The Morgan fingerprint density at radius 3 is 2.75 bits per heavy atom. The van der Waals surface area contributed by atoms with Gasteiger partial charge < -0.3 is 14.9 Å². The summed E-state index contributed by atoms with van der Waals surface area (Å²) in [6.45, 7) is 12.5. The van der Waals surface area contributed by atoms with Gasteiger partial charge in [-0.3, -0.25) is 10.00 Å². The second-order valence-electron chi connectivity index (χ2n) is 8.12. The Balaban J connectivity index is 1.52. The Morgan fingerprint density at radius 1 is 1.25 bits per heavy atom. The van der Waals surface area contributed by atoms with E-state index in [0.717, 1.165) is 29.8 Å². The highest BCUT2D eigenvalue weighted by Crippen LogP contribution is 2.37. The molecule has 166 valence electrons. The van der Waals surface area contributed by atoms with Crippen LogP contribution in [0.1, 0.15) is 31.7 Å². The Labute approximate surface area is 186 Å². The van der Waals surface area contributed by atoms with Crippen LogP contribution in [0.4, 0.5) is 21.8 Å². The van der Waals surface area contributed by atoms with Crippen molar-refractivity contribution in [3.05, 3.63) is 53.6 Å². The molecule has 4 rings (SSSR count). The van der Waals surface area contributed by atoms with Crippen molar-refractivity contribution < 1.29 is 9.13 Å². The molecule has 1 aliphatic heterocycles. The summed E-state index contributed by atoms with van der Waals surface area (Å²) in [6.07, 6.45) is 2.76. The molecule has 2 aromatic heterocycles. The van der Waals surface area contributed by atoms with E-state index >= 15 is 0 Å². The largest absolute Gasteiger partial charge is 0.496 e. The Bertz CT molecular complexity index is 1110. The quantitative estimate of drug-likeness (QED) is 0.546. The van der Waals surface area contributed by atoms with Crippen molar-refractivity contribution in [3.8, 4) is 17.0 Å². The van der Waals surface area contributed by atoms with Crippen LogP contribution in [-0.4, -0.2) is 57.5 Å². The smallest absolute Gasteiger partial charge is 0.288 e. The number of likely N-dealkylation sites (tertiary alicyclic amines) is 1. The molecule has 1 saturated heterocycles. The summed E-state index contributed by atoms with van der Waals surface area (Å²) >= 11 is 0. The zero-order valence-corrected chi connectivity index (χ0v) is 18.3. The molecule has 8 nitrogen and oxygen atoms in total. The lowest BCUT2D eigenvalue weighted by Crippen LogP contribution is -2.44. The minimum absolute atomic E-state index is 0.135. The first kappa shape index (κ1) is 21.7. The van der Waals surface area contributed by atoms with E-state index in [4.69, 9.17) is 11.3 Å². The molecule has 3 heterocycles. The molecule has 0 spiro atoms. The lowest BCUT2D eigenvalue weighted by atomic mass is 9.86. The minimum atomic E-state index is -0.903. The van der Waals surface area contributed by atoms with Crippen LogP contribution in [0.15, 0.2) is 36.7 Å². The van der Waals surface area contributed by atoms with E-state index in [0.29, 0.717) is 30.0 Å². The lowest BCUT2D eigenvalue weighted by Gasteiger charge is -2.37. The van der Waals surface area contributed by atoms with Crippen LogP contribution >= 0.6 is 0 Å². The molecular formula is C23H26FN7O. The normalized spacial score (nSPS) is 19.0. The Morgan fingerprint density at radius 2 is 2.09 bits per heavy atom. The maximum atomic E-state index is 14.9. The number of piperidine rings is 1. The van der Waals surface area contributed by atoms with Crippen LogP contribution in [-0.2, 0) is 0 Å². The number of aromatic nitrogens is 4. The number of H-pyrrole nitrogens is 1. The van der Waals surface area contributed by atoms with Crippen molar-refractivity contribution in [2.24, 2.45) is 0 Å². The van der Waals surface area contributed by atoms with Crippen LogP contribution in [0.3, 0.4) is 0 Å². The standard InChI is InChI=1S/C23H26FN7O/c1-14(2)31-8-7-16(18(24)13-31)15-5-6-17(20(9-15)32-4)19-10-21(30-29-19)28-23-12-26-22(25-3)11-27-23/h5-6,9-12,14,16,18H,7-8,13H2,1-2,4H3,(H2,27,28,29,30). The van der Waals surface area contributed by atoms with E-state index in [-0.39, 0.29) is 11.7 Å². The third kappa shape index (κ3) is 4.55. The molecule has 1 aliphatic rings. The van der Waals surface area contributed by atoms with Gasteiger partial charge in [0, 0.05) is 30.1 Å². The zero-order chi connectivity index (χ0) is 22.7. The summed E-state index contributed by atoms with van der Waals surface area (Å²) in [5.74, 6) is 1.80. The number of nitrogens with one attached hydrogen (secondary N) is 2. The molecule has 2 atom stereocenters. The fraction of sp³-hybridized carbons (Fsp3) is 0.391. The lowest BCUT2D eigenvalue weighted by molar-refractivity contribution is 0.0939. The summed E-state index contributed by atoms with van der Waals surface area (Å²) in [4.78, 5) is 13.5. The molecule has 0 aliphatic carbocycles. The number of alkyl halides is 1. The van der Waals surface area contributed by atoms with Gasteiger partial charge in [0.1, 0.15) is 11.9 Å². The van der Waals surface area contributed by atoms with Crippen LogP contribution in [0, 0.1) is 6.57 Å². The number of aromatic amines is 1. The molecule has 3 aromatic rings. The number of hydrogen-bond acceptors (Lipinski definition) is 6. The number of ether oxygens (including phenoxy) is 1. The SMILES string of the molecule is [C-]#[N+]c1cnc(Nc2cc(-c3ccc(C4CCN(C(C)C)CC4F)cc3OC)[nH]n2)cn1. The summed E-state index contributed by atoms with van der Waals surface area (Å²) in [6, 6.07) is 8.03. The van der Waals surface area contributed by atoms with E-state index in [2.05, 4.69) is 49.1 Å². The van der Waals surface area contributed by atoms with Gasteiger partial charge in [-0.1, -0.05) is 12.6 Å². The van der Waals surface area contributed by atoms with Gasteiger partial charge in [-0.15, -0.1) is 4.98 Å². The topological polar surface area (TPSA) is 83.3 Å². The number of rotatable bonds is 6. The summed E-state index contributed by atoms with van der Waals surface area (Å²) < 4.78 is 20.6. The molecule has 2 unspecified atom stereocenters. The maximum Gasteiger partial charge on any atom is 0.288 e. The van der Waals surface area contributed by atoms with E-state index in [9.17, 15) is 4.39 Å². The monoisotopic (exact) mass is 435 g/mol. The second kappa shape index (κ2) is 9.32. The maximum absolute atomic E-state index is 14.9.